The average molecular weight is 646 g/mol. The second-order valence-corrected chi connectivity index (χ2v) is 13.0. The first kappa shape index (κ1) is 41.2. The van der Waals surface area contributed by atoms with Gasteiger partial charge in [0.25, 0.3) is 0 Å². The van der Waals surface area contributed by atoms with Crippen LogP contribution >= 0.6 is 0 Å². The summed E-state index contributed by atoms with van der Waals surface area (Å²) < 4.78 is 10.7. The number of carboxylic acids is 1. The Morgan fingerprint density at radius 2 is 1.18 bits per heavy atom. The van der Waals surface area contributed by atoms with Crippen LogP contribution in [0.2, 0.25) is 0 Å². The number of rotatable bonds is 13. The summed E-state index contributed by atoms with van der Waals surface area (Å²) >= 11 is 0. The molecule has 0 fully saturated rings. The molecule has 0 aromatic carbocycles. The number of hydrogen-bond donors (Lipinski definition) is 1. The Kier molecular flexibility index (Phi) is 16.2. The Balaban J connectivity index is 5.80. The van der Waals surface area contributed by atoms with Gasteiger partial charge in [0.1, 0.15) is 17.2 Å². The van der Waals surface area contributed by atoms with Crippen LogP contribution in [0.1, 0.15) is 82.1 Å². The van der Waals surface area contributed by atoms with E-state index in [1.807, 2.05) is 0 Å². The molecule has 0 spiro atoms. The lowest BCUT2D eigenvalue weighted by atomic mass is 9.99. The standard InChI is InChI=1S/C30H55N5O10/c1-14-34(15-2)27(41)45-35(28(42)44-30(8,9)10)21(4)18-20(3)24(38)33(13)22(19-23(36)37)25(39)31(11)16-17-32(12)26(40)43-29(5,6)7/h20-22H,14-19H2,1-13H3,(H,36,37)/t20?,21?,22-/m0/s1. The molecule has 0 saturated carbocycles. The van der Waals surface area contributed by atoms with Crippen molar-refractivity contribution in [1.29, 1.82) is 0 Å². The van der Waals surface area contributed by atoms with Gasteiger partial charge in [-0.15, -0.1) is 5.06 Å². The van der Waals surface area contributed by atoms with Crippen LogP contribution in [-0.4, -0.2) is 136 Å². The van der Waals surface area contributed by atoms with Crippen molar-refractivity contribution in [3.8, 4) is 0 Å². The van der Waals surface area contributed by atoms with Gasteiger partial charge in [-0.1, -0.05) is 6.92 Å². The number of aliphatic carboxylic acids is 1. The van der Waals surface area contributed by atoms with Crippen molar-refractivity contribution in [3.05, 3.63) is 0 Å². The number of carboxylic acid groups (broad SMARTS) is 1. The van der Waals surface area contributed by atoms with Gasteiger partial charge in [0.15, 0.2) is 0 Å². The van der Waals surface area contributed by atoms with Crippen LogP contribution < -0.4 is 0 Å². The Hall–Kier alpha value is -3.78. The summed E-state index contributed by atoms with van der Waals surface area (Å²) in [6.45, 7) is 17.7. The lowest BCUT2D eigenvalue weighted by Gasteiger charge is -2.34. The number of carbonyl (C=O) groups excluding carboxylic acids is 5. The van der Waals surface area contributed by atoms with E-state index in [9.17, 15) is 33.9 Å². The molecule has 15 heteroatoms. The molecule has 1 N–H and O–H groups in total. The molecule has 0 aromatic heterocycles. The highest BCUT2D eigenvalue weighted by atomic mass is 16.8. The molecule has 0 bridgehead atoms. The number of hydrogen-bond acceptors (Lipinski definition) is 9. The molecule has 0 radical (unpaired) electrons. The minimum absolute atomic E-state index is 0.00154. The predicted molar refractivity (Wildman–Crippen MR) is 166 cm³/mol. The molecule has 15 nitrogen and oxygen atoms in total. The molecule has 0 heterocycles. The van der Waals surface area contributed by atoms with Crippen molar-refractivity contribution >= 4 is 36.1 Å². The Morgan fingerprint density at radius 3 is 1.62 bits per heavy atom. The molecular formula is C30H55N5O10. The highest BCUT2D eigenvalue weighted by molar-refractivity contribution is 5.91. The van der Waals surface area contributed by atoms with Crippen LogP contribution in [0.15, 0.2) is 0 Å². The summed E-state index contributed by atoms with van der Waals surface area (Å²) in [7, 11) is 4.30. The first-order valence-electron chi connectivity index (χ1n) is 15.1. The van der Waals surface area contributed by atoms with Crippen molar-refractivity contribution in [1.82, 2.24) is 24.7 Å². The fraction of sp³-hybridized carbons (Fsp3) is 0.800. The van der Waals surface area contributed by atoms with Gasteiger partial charge in [-0.05, 0) is 68.7 Å². The molecular weight excluding hydrogens is 590 g/mol. The highest BCUT2D eigenvalue weighted by Gasteiger charge is 2.37. The van der Waals surface area contributed by atoms with Gasteiger partial charge in [-0.3, -0.25) is 14.4 Å². The molecule has 0 aliphatic heterocycles. The first-order chi connectivity index (χ1) is 20.4. The lowest BCUT2D eigenvalue weighted by Crippen LogP contribution is -2.52. The number of ether oxygens (including phenoxy) is 2. The third kappa shape index (κ3) is 14.7. The van der Waals surface area contributed by atoms with Crippen molar-refractivity contribution < 1.29 is 48.2 Å². The van der Waals surface area contributed by atoms with Crippen LogP contribution in [0.3, 0.4) is 0 Å². The minimum Gasteiger partial charge on any atom is -0.481 e. The first-order valence-corrected chi connectivity index (χ1v) is 15.1. The number of carbonyl (C=O) groups is 6. The van der Waals surface area contributed by atoms with Crippen molar-refractivity contribution in [2.75, 3.05) is 47.3 Å². The Bertz CT molecular complexity index is 1040. The highest BCUT2D eigenvalue weighted by Crippen LogP contribution is 2.21. The molecule has 0 rings (SSSR count). The maximum atomic E-state index is 13.5. The van der Waals surface area contributed by atoms with Gasteiger partial charge >= 0.3 is 24.2 Å². The van der Waals surface area contributed by atoms with E-state index in [4.69, 9.17) is 14.3 Å². The van der Waals surface area contributed by atoms with Crippen LogP contribution in [0.25, 0.3) is 0 Å². The Labute approximate surface area is 267 Å². The summed E-state index contributed by atoms with van der Waals surface area (Å²) in [4.78, 5) is 86.9. The Morgan fingerprint density at radius 1 is 0.711 bits per heavy atom. The van der Waals surface area contributed by atoms with Gasteiger partial charge in [0, 0.05) is 53.2 Å². The van der Waals surface area contributed by atoms with E-state index >= 15 is 0 Å². The van der Waals surface area contributed by atoms with Crippen molar-refractivity contribution in [3.63, 3.8) is 0 Å². The van der Waals surface area contributed by atoms with Crippen LogP contribution in [0.5, 0.6) is 0 Å². The van der Waals surface area contributed by atoms with Gasteiger partial charge in [0.05, 0.1) is 12.5 Å². The van der Waals surface area contributed by atoms with Crippen LogP contribution in [0, 0.1) is 5.92 Å². The molecule has 5 amide bonds. The normalized spacial score (nSPS) is 13.4. The van der Waals surface area contributed by atoms with Crippen LogP contribution in [0.4, 0.5) is 14.4 Å². The quantitative estimate of drug-likeness (QED) is 0.292. The topological polar surface area (TPSA) is 167 Å². The van der Waals surface area contributed by atoms with Gasteiger partial charge in [-0.2, -0.15) is 0 Å². The van der Waals surface area contributed by atoms with Crippen molar-refractivity contribution in [2.45, 2.75) is 105 Å². The molecule has 0 aliphatic rings. The number of likely N-dealkylation sites (N-methyl/N-ethyl adjacent to an activating group) is 3. The SMILES string of the molecule is CCN(CC)C(=O)ON(C(=O)OC(C)(C)C)C(C)CC(C)C(=O)N(C)[C@@H](CC(=O)O)C(=O)N(C)CCN(C)C(=O)OC(C)(C)C. The summed E-state index contributed by atoms with van der Waals surface area (Å²) in [5.41, 5.74) is -1.59. The predicted octanol–water partition coefficient (Wildman–Crippen LogP) is 3.66. The zero-order valence-electron chi connectivity index (χ0n) is 29.3. The number of nitrogens with zero attached hydrogens (tertiary/aromatic N) is 5. The van der Waals surface area contributed by atoms with E-state index in [1.165, 1.54) is 35.8 Å². The minimum atomic E-state index is -1.34. The van der Waals surface area contributed by atoms with Crippen LogP contribution in [-0.2, 0) is 28.7 Å². The largest absolute Gasteiger partial charge is 0.481 e. The van der Waals surface area contributed by atoms with E-state index in [0.717, 1.165) is 9.96 Å². The van der Waals surface area contributed by atoms with Gasteiger partial charge < -0.3 is 39.0 Å². The van der Waals surface area contributed by atoms with Crippen molar-refractivity contribution in [2.24, 2.45) is 5.92 Å². The monoisotopic (exact) mass is 645 g/mol. The van der Waals surface area contributed by atoms with E-state index in [-0.39, 0.29) is 19.5 Å². The van der Waals surface area contributed by atoms with Gasteiger partial charge in [-0.25, -0.2) is 14.4 Å². The van der Waals surface area contributed by atoms with Gasteiger partial charge in [0.2, 0.25) is 11.8 Å². The molecule has 45 heavy (non-hydrogen) atoms. The number of hydroxylamine groups is 2. The third-order valence-electron chi connectivity index (χ3n) is 6.61. The number of amides is 5. The molecule has 0 aliphatic carbocycles. The molecule has 0 saturated heterocycles. The summed E-state index contributed by atoms with van der Waals surface area (Å²) in [6, 6.07) is -2.17. The second-order valence-electron chi connectivity index (χ2n) is 13.0. The summed E-state index contributed by atoms with van der Waals surface area (Å²) in [6.07, 6.45) is -2.91. The van der Waals surface area contributed by atoms with E-state index in [1.54, 1.807) is 69.2 Å². The zero-order valence-corrected chi connectivity index (χ0v) is 29.3. The van der Waals surface area contributed by atoms with E-state index in [2.05, 4.69) is 0 Å². The van der Waals surface area contributed by atoms with E-state index in [0.29, 0.717) is 13.1 Å². The fourth-order valence-corrected chi connectivity index (χ4v) is 4.10. The maximum Gasteiger partial charge on any atom is 0.444 e. The maximum absolute atomic E-state index is 13.5. The summed E-state index contributed by atoms with van der Waals surface area (Å²) in [5.74, 6) is -3.29. The second kappa shape index (κ2) is 17.6. The molecule has 0 aromatic rings. The van der Waals surface area contributed by atoms with E-state index < -0.39 is 71.7 Å². The fourth-order valence-electron chi connectivity index (χ4n) is 4.10. The average Bonchev–Trinajstić information content (AvgIpc) is 2.90. The summed E-state index contributed by atoms with van der Waals surface area (Å²) in [5, 5.41) is 10.3. The third-order valence-corrected chi connectivity index (χ3v) is 6.61. The molecule has 2 unspecified atom stereocenters. The molecule has 260 valence electrons. The molecule has 3 atom stereocenters. The lowest BCUT2D eigenvalue weighted by molar-refractivity contribution is -0.152. The smallest absolute Gasteiger partial charge is 0.444 e. The zero-order chi connectivity index (χ0) is 35.4.